The zero-order valence-electron chi connectivity index (χ0n) is 20.8. The number of nitrogens with one attached hydrogen (secondary N) is 1. The van der Waals surface area contributed by atoms with Crippen molar-refractivity contribution >= 4 is 28.9 Å². The van der Waals surface area contributed by atoms with Crippen LogP contribution in [0.4, 0.5) is 13.2 Å². The highest BCUT2D eigenvalue weighted by molar-refractivity contribution is 7.12. The van der Waals surface area contributed by atoms with Crippen LogP contribution in [0.25, 0.3) is 0 Å². The normalized spacial score (nSPS) is 21.2. The van der Waals surface area contributed by atoms with E-state index in [1.54, 1.807) is 37.4 Å². The summed E-state index contributed by atoms with van der Waals surface area (Å²) in [7, 11) is 2.95. The lowest BCUT2D eigenvalue weighted by molar-refractivity contribution is -0.190. The number of Topliss-reactive ketones (excluding diaryl/α,β-unsaturated/α-hetero) is 1. The Morgan fingerprint density at radius 2 is 1.81 bits per heavy atom. The topological polar surface area (TPSA) is 84.9 Å². The van der Waals surface area contributed by atoms with Gasteiger partial charge in [0.05, 0.1) is 24.7 Å². The maximum atomic E-state index is 14.8. The van der Waals surface area contributed by atoms with Gasteiger partial charge in [0.25, 0.3) is 11.8 Å². The van der Waals surface area contributed by atoms with Crippen molar-refractivity contribution < 1.29 is 37.0 Å². The average Bonchev–Trinajstić information content (AvgIpc) is 3.43. The van der Waals surface area contributed by atoms with E-state index >= 15 is 0 Å². The molecule has 2 amide bonds. The fraction of sp³-hybridized carbons (Fsp3) is 0.423. The van der Waals surface area contributed by atoms with E-state index in [2.05, 4.69) is 0 Å². The second-order valence-electron chi connectivity index (χ2n) is 9.84. The van der Waals surface area contributed by atoms with Crippen LogP contribution < -0.4 is 14.8 Å². The summed E-state index contributed by atoms with van der Waals surface area (Å²) in [5.41, 5.74) is -4.08. The van der Waals surface area contributed by atoms with Gasteiger partial charge >= 0.3 is 6.18 Å². The number of halogens is 3. The predicted molar refractivity (Wildman–Crippen MR) is 131 cm³/mol. The molecule has 2 aliphatic rings. The Morgan fingerprint density at radius 3 is 2.41 bits per heavy atom. The second-order valence-corrected chi connectivity index (χ2v) is 10.8. The zero-order chi connectivity index (χ0) is 27.2. The molecule has 198 valence electrons. The number of methoxy groups -OCH3 is 2. The third-order valence-corrected chi connectivity index (χ3v) is 7.53. The minimum atomic E-state index is -5.24. The minimum absolute atomic E-state index is 0.00550. The highest BCUT2D eigenvalue weighted by Gasteiger charge is 2.71. The molecule has 1 aliphatic carbocycles. The van der Waals surface area contributed by atoms with Gasteiger partial charge < -0.3 is 19.7 Å². The van der Waals surface area contributed by atoms with Gasteiger partial charge in [-0.3, -0.25) is 14.4 Å². The number of ketones is 1. The Bertz CT molecular complexity index is 1270. The fourth-order valence-corrected chi connectivity index (χ4v) is 5.60. The number of hydrogen-bond acceptors (Lipinski definition) is 6. The van der Waals surface area contributed by atoms with E-state index in [4.69, 9.17) is 9.47 Å². The van der Waals surface area contributed by atoms with Gasteiger partial charge in [-0.2, -0.15) is 13.2 Å². The molecule has 0 unspecified atom stereocenters. The molecule has 1 N–H and O–H groups in total. The van der Waals surface area contributed by atoms with Crippen LogP contribution in [0.2, 0.25) is 0 Å². The van der Waals surface area contributed by atoms with Crippen LogP contribution in [0.15, 0.2) is 47.0 Å². The van der Waals surface area contributed by atoms with Crippen molar-refractivity contribution in [3.8, 4) is 11.5 Å². The van der Waals surface area contributed by atoms with E-state index < -0.39 is 40.3 Å². The van der Waals surface area contributed by atoms with E-state index in [1.807, 2.05) is 5.32 Å². The number of carbonyl (C=O) groups excluding carboxylic acids is 3. The number of allylic oxidation sites excluding steroid dienone is 1. The van der Waals surface area contributed by atoms with Crippen LogP contribution >= 0.6 is 11.3 Å². The van der Waals surface area contributed by atoms with Crippen molar-refractivity contribution in [2.24, 2.45) is 5.41 Å². The van der Waals surface area contributed by atoms with Gasteiger partial charge in [0.1, 0.15) is 0 Å². The number of hydrogen-bond donors (Lipinski definition) is 1. The first-order valence-corrected chi connectivity index (χ1v) is 12.4. The van der Waals surface area contributed by atoms with Gasteiger partial charge in [-0.15, -0.1) is 11.3 Å². The van der Waals surface area contributed by atoms with Gasteiger partial charge in [-0.1, -0.05) is 26.0 Å². The van der Waals surface area contributed by atoms with Crippen LogP contribution in [-0.4, -0.2) is 55.0 Å². The van der Waals surface area contributed by atoms with Gasteiger partial charge in [-0.05, 0) is 47.4 Å². The quantitative estimate of drug-likeness (QED) is 0.563. The van der Waals surface area contributed by atoms with E-state index in [9.17, 15) is 27.6 Å². The fourth-order valence-electron chi connectivity index (χ4n) is 4.98. The molecule has 2 heterocycles. The molecule has 0 fully saturated rings. The van der Waals surface area contributed by atoms with E-state index in [0.717, 1.165) is 16.2 Å². The second kappa shape index (κ2) is 9.51. The van der Waals surface area contributed by atoms with Crippen LogP contribution in [0.3, 0.4) is 0 Å². The Balaban J connectivity index is 1.77. The summed E-state index contributed by atoms with van der Waals surface area (Å²) in [5.74, 6) is -2.31. The molecule has 7 nitrogen and oxygen atoms in total. The molecular formula is C26H27F3N2O5S. The first-order chi connectivity index (χ1) is 17.3. The van der Waals surface area contributed by atoms with Crippen molar-refractivity contribution in [3.05, 3.63) is 57.4 Å². The first kappa shape index (κ1) is 26.7. The Labute approximate surface area is 216 Å². The molecule has 37 heavy (non-hydrogen) atoms. The molecule has 1 aromatic carbocycles. The van der Waals surface area contributed by atoms with Gasteiger partial charge in [0, 0.05) is 18.7 Å². The highest BCUT2D eigenvalue weighted by Crippen LogP contribution is 2.51. The summed E-state index contributed by atoms with van der Waals surface area (Å²) < 4.78 is 55.1. The van der Waals surface area contributed by atoms with Crippen molar-refractivity contribution in [1.82, 2.24) is 10.2 Å². The lowest BCUT2D eigenvalue weighted by Crippen LogP contribution is -2.66. The van der Waals surface area contributed by atoms with Gasteiger partial charge in [0.15, 0.2) is 17.3 Å². The standard InChI is InChI=1S/C26H27F3N2O5S/c1-24(2)13-16-21(17(32)14-24)25(26(27,28)29,30-22(33)20-6-5-11-37-20)23(34)31(16)10-9-15-7-8-18(35-3)19(12-15)36-4/h5-8,11-12H,9-10,13-14H2,1-4H3,(H,30,33)/t25-/m0/s1. The Morgan fingerprint density at radius 1 is 1.11 bits per heavy atom. The van der Waals surface area contributed by atoms with E-state index in [1.165, 1.54) is 26.4 Å². The first-order valence-electron chi connectivity index (χ1n) is 11.6. The number of thiophene rings is 1. The van der Waals surface area contributed by atoms with Gasteiger partial charge in [0.2, 0.25) is 5.54 Å². The van der Waals surface area contributed by atoms with Crippen molar-refractivity contribution in [2.45, 2.75) is 44.8 Å². The summed E-state index contributed by atoms with van der Waals surface area (Å²) in [6.07, 6.45) is -5.15. The lowest BCUT2D eigenvalue weighted by atomic mass is 9.72. The minimum Gasteiger partial charge on any atom is -0.493 e. The smallest absolute Gasteiger partial charge is 0.425 e. The molecule has 1 aliphatic heterocycles. The molecule has 0 saturated carbocycles. The lowest BCUT2D eigenvalue weighted by Gasteiger charge is -2.35. The Hall–Kier alpha value is -3.34. The summed E-state index contributed by atoms with van der Waals surface area (Å²) in [6.45, 7) is 3.41. The number of amides is 2. The number of benzene rings is 1. The summed E-state index contributed by atoms with van der Waals surface area (Å²) >= 11 is 0.942. The summed E-state index contributed by atoms with van der Waals surface area (Å²) in [6, 6.07) is 7.95. The molecule has 4 rings (SSSR count). The van der Waals surface area contributed by atoms with Gasteiger partial charge in [-0.25, -0.2) is 0 Å². The van der Waals surface area contributed by atoms with Crippen molar-refractivity contribution in [2.75, 3.05) is 20.8 Å². The van der Waals surface area contributed by atoms with E-state index in [-0.39, 0.29) is 36.4 Å². The summed E-state index contributed by atoms with van der Waals surface area (Å²) in [5, 5.41) is 3.48. The van der Waals surface area contributed by atoms with Crippen LogP contribution in [0.5, 0.6) is 11.5 Å². The number of nitrogens with zero attached hydrogens (tertiary/aromatic N) is 1. The number of alkyl halides is 3. The van der Waals surface area contributed by atoms with Crippen LogP contribution in [-0.2, 0) is 16.0 Å². The largest absolute Gasteiger partial charge is 0.493 e. The summed E-state index contributed by atoms with van der Waals surface area (Å²) in [4.78, 5) is 40.8. The maximum Gasteiger partial charge on any atom is 0.425 e. The molecule has 2 aromatic rings. The molecule has 0 radical (unpaired) electrons. The molecule has 0 saturated heterocycles. The molecule has 11 heteroatoms. The third-order valence-electron chi connectivity index (χ3n) is 6.66. The maximum absolute atomic E-state index is 14.8. The predicted octanol–water partition coefficient (Wildman–Crippen LogP) is 4.52. The van der Waals surface area contributed by atoms with Crippen molar-refractivity contribution in [3.63, 3.8) is 0 Å². The van der Waals surface area contributed by atoms with Crippen molar-refractivity contribution in [1.29, 1.82) is 0 Å². The van der Waals surface area contributed by atoms with Crippen LogP contribution in [0, 0.1) is 5.41 Å². The highest BCUT2D eigenvalue weighted by atomic mass is 32.1. The number of carbonyl (C=O) groups is 3. The van der Waals surface area contributed by atoms with Crippen LogP contribution in [0.1, 0.15) is 41.9 Å². The molecule has 1 aromatic heterocycles. The monoisotopic (exact) mass is 536 g/mol. The molecule has 1 atom stereocenters. The molecular weight excluding hydrogens is 509 g/mol. The Kier molecular flexibility index (Phi) is 6.87. The van der Waals surface area contributed by atoms with E-state index in [0.29, 0.717) is 17.1 Å². The average molecular weight is 537 g/mol. The number of rotatable bonds is 7. The molecule has 0 spiro atoms. The molecule has 0 bridgehead atoms. The SMILES string of the molecule is COc1ccc(CCN2C(=O)[C@](NC(=O)c3cccs3)(C(F)(F)F)C3=C2CC(C)(C)CC3=O)cc1OC. The zero-order valence-corrected chi connectivity index (χ0v) is 21.6. The third kappa shape index (κ3) is 4.60. The number of ether oxygens (including phenoxy) is 2.